The number of hydrogen-bond donors (Lipinski definition) is 0. The van der Waals surface area contributed by atoms with Crippen molar-refractivity contribution in [1.82, 2.24) is 0 Å². The van der Waals surface area contributed by atoms with Crippen molar-refractivity contribution < 1.29 is 14.3 Å². The lowest BCUT2D eigenvalue weighted by atomic mass is 10.1. The molecule has 0 heterocycles. The largest absolute Gasteiger partial charge is 0.497 e. The van der Waals surface area contributed by atoms with Gasteiger partial charge >= 0.3 is 0 Å². The monoisotopic (exact) mass is 258 g/mol. The minimum absolute atomic E-state index is 0.0629. The maximum Gasteiger partial charge on any atom is 0.188 e. The molecule has 0 amide bonds. The van der Waals surface area contributed by atoms with Gasteiger partial charge in [-0.15, -0.1) is 0 Å². The predicted molar refractivity (Wildman–Crippen MR) is 56.9 cm³/mol. The topological polar surface area (TPSA) is 35.5 Å². The van der Waals surface area contributed by atoms with E-state index in [1.165, 1.54) is 7.11 Å². The summed E-state index contributed by atoms with van der Waals surface area (Å²) in [4.78, 5) is 11.5. The standard InChI is InChI=1S/C10H11BrO3/c1-13-6-10(12)7-3-8(11)5-9(4-7)14-2/h3-5H,6H2,1-2H3. The fourth-order valence-corrected chi connectivity index (χ4v) is 1.53. The third-order valence-electron chi connectivity index (χ3n) is 1.70. The highest BCUT2D eigenvalue weighted by atomic mass is 79.9. The third-order valence-corrected chi connectivity index (χ3v) is 2.16. The second-order valence-electron chi connectivity index (χ2n) is 2.74. The Kier molecular flexibility index (Phi) is 4.10. The lowest BCUT2D eigenvalue weighted by molar-refractivity contribution is 0.0847. The summed E-state index contributed by atoms with van der Waals surface area (Å²) >= 11 is 3.30. The molecular formula is C10H11BrO3. The van der Waals surface area contributed by atoms with Crippen molar-refractivity contribution in [1.29, 1.82) is 0 Å². The van der Waals surface area contributed by atoms with Crippen LogP contribution in [0.1, 0.15) is 10.4 Å². The molecule has 0 aromatic heterocycles. The molecule has 1 rings (SSSR count). The van der Waals surface area contributed by atoms with Crippen LogP contribution in [0.25, 0.3) is 0 Å². The SMILES string of the molecule is COCC(=O)c1cc(Br)cc(OC)c1. The first-order chi connectivity index (χ1) is 6.67. The van der Waals surface area contributed by atoms with E-state index in [0.29, 0.717) is 11.3 Å². The first-order valence-electron chi connectivity index (χ1n) is 4.04. The molecule has 0 fully saturated rings. The lowest BCUT2D eigenvalue weighted by Crippen LogP contribution is -2.07. The van der Waals surface area contributed by atoms with Crippen LogP contribution in [-0.4, -0.2) is 26.6 Å². The quantitative estimate of drug-likeness (QED) is 0.778. The highest BCUT2D eigenvalue weighted by Crippen LogP contribution is 2.21. The molecule has 0 saturated carbocycles. The normalized spacial score (nSPS) is 9.93. The molecule has 76 valence electrons. The number of methoxy groups -OCH3 is 2. The maximum absolute atomic E-state index is 11.5. The van der Waals surface area contributed by atoms with Crippen LogP contribution in [0.5, 0.6) is 5.75 Å². The van der Waals surface area contributed by atoms with E-state index in [1.54, 1.807) is 25.3 Å². The zero-order valence-corrected chi connectivity index (χ0v) is 9.63. The van der Waals surface area contributed by atoms with Crippen LogP contribution in [-0.2, 0) is 4.74 Å². The molecule has 4 heteroatoms. The highest BCUT2D eigenvalue weighted by Gasteiger charge is 2.07. The molecule has 0 atom stereocenters. The van der Waals surface area contributed by atoms with Crippen molar-refractivity contribution in [2.75, 3.05) is 20.8 Å². The minimum atomic E-state index is -0.0629. The smallest absolute Gasteiger partial charge is 0.188 e. The van der Waals surface area contributed by atoms with E-state index in [1.807, 2.05) is 0 Å². The Hall–Kier alpha value is -0.870. The van der Waals surface area contributed by atoms with Gasteiger partial charge in [-0.1, -0.05) is 15.9 Å². The van der Waals surface area contributed by atoms with E-state index in [2.05, 4.69) is 15.9 Å². The number of rotatable bonds is 4. The van der Waals surface area contributed by atoms with Crippen molar-refractivity contribution in [3.63, 3.8) is 0 Å². The lowest BCUT2D eigenvalue weighted by Gasteiger charge is -2.04. The van der Waals surface area contributed by atoms with Crippen LogP contribution in [0.2, 0.25) is 0 Å². The number of carbonyl (C=O) groups is 1. The minimum Gasteiger partial charge on any atom is -0.497 e. The summed E-state index contributed by atoms with van der Waals surface area (Å²) in [7, 11) is 3.06. The van der Waals surface area contributed by atoms with Gasteiger partial charge in [0, 0.05) is 17.1 Å². The van der Waals surface area contributed by atoms with Crippen molar-refractivity contribution in [3.05, 3.63) is 28.2 Å². The zero-order chi connectivity index (χ0) is 10.6. The van der Waals surface area contributed by atoms with Gasteiger partial charge in [0.15, 0.2) is 5.78 Å². The summed E-state index contributed by atoms with van der Waals surface area (Å²) in [5.41, 5.74) is 0.582. The summed E-state index contributed by atoms with van der Waals surface area (Å²) < 4.78 is 10.6. The summed E-state index contributed by atoms with van der Waals surface area (Å²) in [5, 5.41) is 0. The molecule has 0 aliphatic rings. The van der Waals surface area contributed by atoms with Gasteiger partial charge in [-0.05, 0) is 18.2 Å². The summed E-state index contributed by atoms with van der Waals surface area (Å²) in [6.45, 7) is 0.0829. The van der Waals surface area contributed by atoms with Crippen molar-refractivity contribution in [2.24, 2.45) is 0 Å². The number of ketones is 1. The van der Waals surface area contributed by atoms with Crippen LogP contribution in [0.15, 0.2) is 22.7 Å². The van der Waals surface area contributed by atoms with E-state index in [4.69, 9.17) is 9.47 Å². The van der Waals surface area contributed by atoms with E-state index in [0.717, 1.165) is 4.47 Å². The number of carbonyl (C=O) groups excluding carboxylic acids is 1. The average molecular weight is 259 g/mol. The Labute approximate surface area is 91.1 Å². The Balaban J connectivity index is 2.96. The maximum atomic E-state index is 11.5. The Bertz CT molecular complexity index is 336. The average Bonchev–Trinajstić information content (AvgIpc) is 2.17. The van der Waals surface area contributed by atoms with Crippen LogP contribution in [0.3, 0.4) is 0 Å². The van der Waals surface area contributed by atoms with Gasteiger partial charge in [-0.25, -0.2) is 0 Å². The second-order valence-corrected chi connectivity index (χ2v) is 3.65. The van der Waals surface area contributed by atoms with Gasteiger partial charge in [-0.2, -0.15) is 0 Å². The molecule has 0 bridgehead atoms. The van der Waals surface area contributed by atoms with Gasteiger partial charge in [0.2, 0.25) is 0 Å². The molecule has 1 aromatic carbocycles. The van der Waals surface area contributed by atoms with Crippen molar-refractivity contribution >= 4 is 21.7 Å². The van der Waals surface area contributed by atoms with Gasteiger partial charge in [-0.3, -0.25) is 4.79 Å². The van der Waals surface area contributed by atoms with Gasteiger partial charge < -0.3 is 9.47 Å². The number of benzene rings is 1. The fourth-order valence-electron chi connectivity index (χ4n) is 1.06. The highest BCUT2D eigenvalue weighted by molar-refractivity contribution is 9.10. The molecular weight excluding hydrogens is 248 g/mol. The van der Waals surface area contributed by atoms with Crippen molar-refractivity contribution in [3.8, 4) is 5.75 Å². The van der Waals surface area contributed by atoms with Crippen molar-refractivity contribution in [2.45, 2.75) is 0 Å². The van der Waals surface area contributed by atoms with E-state index >= 15 is 0 Å². The molecule has 0 unspecified atom stereocenters. The van der Waals surface area contributed by atoms with Crippen LogP contribution in [0, 0.1) is 0 Å². The molecule has 14 heavy (non-hydrogen) atoms. The molecule has 3 nitrogen and oxygen atoms in total. The summed E-state index contributed by atoms with van der Waals surface area (Å²) in [6, 6.07) is 5.22. The van der Waals surface area contributed by atoms with Gasteiger partial charge in [0.25, 0.3) is 0 Å². The molecule has 0 radical (unpaired) electrons. The fraction of sp³-hybridized carbons (Fsp3) is 0.300. The molecule has 1 aromatic rings. The van der Waals surface area contributed by atoms with Crippen LogP contribution >= 0.6 is 15.9 Å². The number of halogens is 1. The van der Waals surface area contributed by atoms with E-state index in [-0.39, 0.29) is 12.4 Å². The molecule has 0 aliphatic heterocycles. The molecule has 0 aliphatic carbocycles. The van der Waals surface area contributed by atoms with Crippen LogP contribution in [0.4, 0.5) is 0 Å². The molecule has 0 saturated heterocycles. The first kappa shape index (κ1) is 11.2. The number of Topliss-reactive ketones (excluding diaryl/α,β-unsaturated/α-hetero) is 1. The molecule has 0 spiro atoms. The van der Waals surface area contributed by atoms with Gasteiger partial charge in [0.05, 0.1) is 7.11 Å². The van der Waals surface area contributed by atoms with E-state index < -0.39 is 0 Å². The Morgan fingerprint density at radius 3 is 2.64 bits per heavy atom. The Morgan fingerprint density at radius 1 is 1.36 bits per heavy atom. The predicted octanol–water partition coefficient (Wildman–Crippen LogP) is 2.29. The molecule has 0 N–H and O–H groups in total. The van der Waals surface area contributed by atoms with E-state index in [9.17, 15) is 4.79 Å². The van der Waals surface area contributed by atoms with Gasteiger partial charge in [0.1, 0.15) is 12.4 Å². The van der Waals surface area contributed by atoms with Crippen LogP contribution < -0.4 is 4.74 Å². The second kappa shape index (κ2) is 5.12. The first-order valence-corrected chi connectivity index (χ1v) is 4.83. The Morgan fingerprint density at radius 2 is 2.07 bits per heavy atom. The number of hydrogen-bond acceptors (Lipinski definition) is 3. The summed E-state index contributed by atoms with van der Waals surface area (Å²) in [6.07, 6.45) is 0. The zero-order valence-electron chi connectivity index (χ0n) is 8.04. The number of ether oxygens (including phenoxy) is 2. The third kappa shape index (κ3) is 2.82. The summed E-state index contributed by atoms with van der Waals surface area (Å²) in [5.74, 6) is 0.589.